The second-order valence-corrected chi connectivity index (χ2v) is 4.45. The SMILES string of the molecule is CCOC(=O)CCNc1cc(=O)n(C)c2ccccc12. The third-order valence-corrected chi connectivity index (χ3v) is 3.10. The molecule has 0 spiro atoms. The Morgan fingerprint density at radius 2 is 2.10 bits per heavy atom. The van der Waals surface area contributed by atoms with Crippen LogP contribution in [0.2, 0.25) is 0 Å². The third-order valence-electron chi connectivity index (χ3n) is 3.10. The topological polar surface area (TPSA) is 60.3 Å². The van der Waals surface area contributed by atoms with Crippen LogP contribution in [-0.4, -0.2) is 23.7 Å². The summed E-state index contributed by atoms with van der Waals surface area (Å²) >= 11 is 0. The van der Waals surface area contributed by atoms with Gasteiger partial charge in [-0.2, -0.15) is 0 Å². The van der Waals surface area contributed by atoms with Crippen molar-refractivity contribution in [3.05, 3.63) is 40.7 Å². The molecule has 20 heavy (non-hydrogen) atoms. The Labute approximate surface area is 117 Å². The van der Waals surface area contributed by atoms with Crippen LogP contribution in [0.5, 0.6) is 0 Å². The van der Waals surface area contributed by atoms with Gasteiger partial charge in [-0.3, -0.25) is 9.59 Å². The molecule has 1 aromatic carbocycles. The lowest BCUT2D eigenvalue weighted by molar-refractivity contribution is -0.142. The van der Waals surface area contributed by atoms with Crippen molar-refractivity contribution in [2.75, 3.05) is 18.5 Å². The van der Waals surface area contributed by atoms with Crippen LogP contribution in [0.3, 0.4) is 0 Å². The maximum absolute atomic E-state index is 11.9. The summed E-state index contributed by atoms with van der Waals surface area (Å²) in [6, 6.07) is 9.20. The number of para-hydroxylation sites is 1. The largest absolute Gasteiger partial charge is 0.466 e. The molecule has 0 atom stereocenters. The highest BCUT2D eigenvalue weighted by molar-refractivity contribution is 5.91. The second kappa shape index (κ2) is 6.23. The highest BCUT2D eigenvalue weighted by Gasteiger charge is 2.07. The Kier molecular flexibility index (Phi) is 4.40. The van der Waals surface area contributed by atoms with Crippen molar-refractivity contribution in [2.24, 2.45) is 7.05 Å². The molecule has 2 aromatic rings. The van der Waals surface area contributed by atoms with Gasteiger partial charge < -0.3 is 14.6 Å². The number of pyridine rings is 1. The molecule has 0 saturated heterocycles. The lowest BCUT2D eigenvalue weighted by atomic mass is 10.2. The number of nitrogens with one attached hydrogen (secondary N) is 1. The summed E-state index contributed by atoms with van der Waals surface area (Å²) in [4.78, 5) is 23.2. The molecule has 0 fully saturated rings. The fourth-order valence-electron chi connectivity index (χ4n) is 2.09. The molecule has 1 aromatic heterocycles. The minimum Gasteiger partial charge on any atom is -0.466 e. The monoisotopic (exact) mass is 274 g/mol. The standard InChI is InChI=1S/C15H18N2O3/c1-3-20-15(19)8-9-16-12-10-14(18)17(2)13-7-5-4-6-11(12)13/h4-7,10,16H,3,8-9H2,1-2H3. The van der Waals surface area contributed by atoms with Gasteiger partial charge in [0.1, 0.15) is 0 Å². The zero-order valence-electron chi connectivity index (χ0n) is 11.7. The molecule has 106 valence electrons. The van der Waals surface area contributed by atoms with E-state index in [4.69, 9.17) is 4.74 Å². The maximum atomic E-state index is 11.9. The van der Waals surface area contributed by atoms with Gasteiger partial charge in [0.25, 0.3) is 5.56 Å². The first kappa shape index (κ1) is 14.1. The van der Waals surface area contributed by atoms with Crippen molar-refractivity contribution < 1.29 is 9.53 Å². The van der Waals surface area contributed by atoms with E-state index in [1.54, 1.807) is 24.6 Å². The Balaban J connectivity index is 2.20. The number of aromatic nitrogens is 1. The number of carbonyl (C=O) groups is 1. The van der Waals surface area contributed by atoms with Gasteiger partial charge in [-0.1, -0.05) is 18.2 Å². The lowest BCUT2D eigenvalue weighted by Gasteiger charge is -2.11. The van der Waals surface area contributed by atoms with E-state index < -0.39 is 0 Å². The third kappa shape index (κ3) is 2.99. The van der Waals surface area contributed by atoms with Crippen molar-refractivity contribution in [1.82, 2.24) is 4.57 Å². The van der Waals surface area contributed by atoms with Gasteiger partial charge in [0.05, 0.1) is 18.5 Å². The first-order valence-corrected chi connectivity index (χ1v) is 6.61. The molecule has 0 aliphatic rings. The second-order valence-electron chi connectivity index (χ2n) is 4.45. The summed E-state index contributed by atoms with van der Waals surface area (Å²) in [5.41, 5.74) is 1.52. The predicted molar refractivity (Wildman–Crippen MR) is 78.9 cm³/mol. The minimum atomic E-state index is -0.242. The minimum absolute atomic E-state index is 0.0812. The predicted octanol–water partition coefficient (Wildman–Crippen LogP) is 1.90. The summed E-state index contributed by atoms with van der Waals surface area (Å²) in [5, 5.41) is 4.09. The number of carbonyl (C=O) groups excluding carboxylic acids is 1. The fourth-order valence-corrected chi connectivity index (χ4v) is 2.09. The number of aryl methyl sites for hydroxylation is 1. The normalized spacial score (nSPS) is 10.5. The Bertz CT molecular complexity index is 676. The van der Waals surface area contributed by atoms with Crippen LogP contribution in [0.1, 0.15) is 13.3 Å². The van der Waals surface area contributed by atoms with Crippen LogP contribution in [0.4, 0.5) is 5.69 Å². The van der Waals surface area contributed by atoms with Crippen molar-refractivity contribution >= 4 is 22.6 Å². The molecule has 0 aliphatic carbocycles. The first-order valence-electron chi connectivity index (χ1n) is 6.61. The van der Waals surface area contributed by atoms with Gasteiger partial charge in [0.2, 0.25) is 0 Å². The zero-order valence-corrected chi connectivity index (χ0v) is 11.7. The number of fused-ring (bicyclic) bond motifs is 1. The number of nitrogens with zero attached hydrogens (tertiary/aromatic N) is 1. The molecule has 5 nitrogen and oxygen atoms in total. The molecule has 0 radical (unpaired) electrons. The zero-order chi connectivity index (χ0) is 14.5. The molecular weight excluding hydrogens is 256 g/mol. The maximum Gasteiger partial charge on any atom is 0.307 e. The van der Waals surface area contributed by atoms with Crippen LogP contribution < -0.4 is 10.9 Å². The van der Waals surface area contributed by atoms with E-state index in [0.717, 1.165) is 16.6 Å². The van der Waals surface area contributed by atoms with E-state index in [1.807, 2.05) is 24.3 Å². The summed E-state index contributed by atoms with van der Waals surface area (Å²) in [7, 11) is 1.74. The van der Waals surface area contributed by atoms with Crippen molar-refractivity contribution in [3.8, 4) is 0 Å². The molecular formula is C15H18N2O3. The number of anilines is 1. The molecule has 1 N–H and O–H groups in total. The fraction of sp³-hybridized carbons (Fsp3) is 0.333. The Morgan fingerprint density at radius 3 is 2.85 bits per heavy atom. The van der Waals surface area contributed by atoms with Crippen LogP contribution >= 0.6 is 0 Å². The highest BCUT2D eigenvalue weighted by Crippen LogP contribution is 2.20. The first-order chi connectivity index (χ1) is 9.63. The molecule has 2 rings (SSSR count). The van der Waals surface area contributed by atoms with Crippen LogP contribution in [0.25, 0.3) is 10.9 Å². The number of rotatable bonds is 5. The number of esters is 1. The molecule has 0 saturated carbocycles. The van der Waals surface area contributed by atoms with E-state index in [1.165, 1.54) is 0 Å². The van der Waals surface area contributed by atoms with Gasteiger partial charge in [-0.25, -0.2) is 0 Å². The molecule has 1 heterocycles. The van der Waals surface area contributed by atoms with Gasteiger partial charge in [0, 0.05) is 30.7 Å². The summed E-state index contributed by atoms with van der Waals surface area (Å²) in [6.45, 7) is 2.60. The van der Waals surface area contributed by atoms with Crippen LogP contribution in [0.15, 0.2) is 35.1 Å². The van der Waals surface area contributed by atoms with Gasteiger partial charge in [0.15, 0.2) is 0 Å². The van der Waals surface area contributed by atoms with Gasteiger partial charge >= 0.3 is 5.97 Å². The molecule has 0 aliphatic heterocycles. The number of ether oxygens (including phenoxy) is 1. The Morgan fingerprint density at radius 1 is 1.35 bits per heavy atom. The van der Waals surface area contributed by atoms with E-state index in [2.05, 4.69) is 5.32 Å². The summed E-state index contributed by atoms with van der Waals surface area (Å²) < 4.78 is 6.47. The quantitative estimate of drug-likeness (QED) is 0.846. The highest BCUT2D eigenvalue weighted by atomic mass is 16.5. The lowest BCUT2D eigenvalue weighted by Crippen LogP contribution is -2.18. The molecule has 0 amide bonds. The Hall–Kier alpha value is -2.30. The smallest absolute Gasteiger partial charge is 0.307 e. The van der Waals surface area contributed by atoms with Gasteiger partial charge in [-0.15, -0.1) is 0 Å². The number of hydrogen-bond acceptors (Lipinski definition) is 4. The molecule has 0 bridgehead atoms. The van der Waals surface area contributed by atoms with Crippen LogP contribution in [-0.2, 0) is 16.6 Å². The molecule has 5 heteroatoms. The van der Waals surface area contributed by atoms with E-state index in [-0.39, 0.29) is 17.9 Å². The number of hydrogen-bond donors (Lipinski definition) is 1. The van der Waals surface area contributed by atoms with Crippen molar-refractivity contribution in [2.45, 2.75) is 13.3 Å². The average molecular weight is 274 g/mol. The van der Waals surface area contributed by atoms with Crippen molar-refractivity contribution in [3.63, 3.8) is 0 Å². The van der Waals surface area contributed by atoms with E-state index >= 15 is 0 Å². The number of benzene rings is 1. The van der Waals surface area contributed by atoms with Gasteiger partial charge in [-0.05, 0) is 13.0 Å². The summed E-state index contributed by atoms with van der Waals surface area (Å²) in [5.74, 6) is -0.242. The van der Waals surface area contributed by atoms with Crippen molar-refractivity contribution in [1.29, 1.82) is 0 Å². The van der Waals surface area contributed by atoms with Crippen LogP contribution in [0, 0.1) is 0 Å². The van der Waals surface area contributed by atoms with E-state index in [9.17, 15) is 9.59 Å². The molecule has 0 unspecified atom stereocenters. The summed E-state index contributed by atoms with van der Waals surface area (Å²) in [6.07, 6.45) is 0.275. The average Bonchev–Trinajstić information content (AvgIpc) is 2.44. The van der Waals surface area contributed by atoms with E-state index in [0.29, 0.717) is 13.2 Å².